The molecular formula is C32H40ClN3O5S. The molecule has 0 fully saturated rings. The lowest BCUT2D eigenvalue weighted by molar-refractivity contribution is -0.141. The van der Waals surface area contributed by atoms with E-state index in [9.17, 15) is 18.0 Å². The average Bonchev–Trinajstić information content (AvgIpc) is 2.97. The number of anilines is 1. The molecule has 0 saturated carbocycles. The summed E-state index contributed by atoms with van der Waals surface area (Å²) >= 11 is 6.26. The molecule has 2 unspecified atom stereocenters. The van der Waals surface area contributed by atoms with Gasteiger partial charge in [0, 0.05) is 32.0 Å². The van der Waals surface area contributed by atoms with Gasteiger partial charge in [-0.2, -0.15) is 0 Å². The fraction of sp³-hybridized carbons (Fsp3) is 0.375. The van der Waals surface area contributed by atoms with Gasteiger partial charge in [-0.3, -0.25) is 13.9 Å². The largest absolute Gasteiger partial charge is 0.495 e. The third-order valence-electron chi connectivity index (χ3n) is 7.04. The number of methoxy groups -OCH3 is 1. The predicted octanol–water partition coefficient (Wildman–Crippen LogP) is 5.45. The van der Waals surface area contributed by atoms with Crippen molar-refractivity contribution in [3.8, 4) is 5.75 Å². The molecule has 1 N–H and O–H groups in total. The SMILES string of the molecule is CCC(C)NC(=O)C(Cc1ccccc1)N(Cc1ccccc1)C(=O)CCCN(c1ccc(OC)c(Cl)c1)S(C)(=O)=O. The van der Waals surface area contributed by atoms with Crippen molar-refractivity contribution < 1.29 is 22.7 Å². The van der Waals surface area contributed by atoms with E-state index in [0.29, 0.717) is 17.9 Å². The number of hydrogen-bond acceptors (Lipinski definition) is 5. The number of nitrogens with zero attached hydrogens (tertiary/aromatic N) is 2. The van der Waals surface area contributed by atoms with E-state index in [1.807, 2.05) is 74.5 Å². The van der Waals surface area contributed by atoms with Gasteiger partial charge in [-0.1, -0.05) is 79.2 Å². The van der Waals surface area contributed by atoms with Gasteiger partial charge >= 0.3 is 0 Å². The Hall–Kier alpha value is -3.56. The average molecular weight is 614 g/mol. The first-order valence-electron chi connectivity index (χ1n) is 14.0. The van der Waals surface area contributed by atoms with Crippen LogP contribution in [0.5, 0.6) is 5.75 Å². The molecule has 42 heavy (non-hydrogen) atoms. The van der Waals surface area contributed by atoms with Crippen LogP contribution in [0, 0.1) is 0 Å². The number of ether oxygens (including phenoxy) is 1. The highest BCUT2D eigenvalue weighted by Gasteiger charge is 2.31. The monoisotopic (exact) mass is 613 g/mol. The molecule has 2 amide bonds. The summed E-state index contributed by atoms with van der Waals surface area (Å²) < 4.78 is 31.8. The lowest BCUT2D eigenvalue weighted by Crippen LogP contribution is -2.52. The van der Waals surface area contributed by atoms with Crippen LogP contribution in [0.3, 0.4) is 0 Å². The van der Waals surface area contributed by atoms with Crippen molar-refractivity contribution in [3.05, 3.63) is 95.0 Å². The molecule has 3 rings (SSSR count). The molecule has 0 radical (unpaired) electrons. The topological polar surface area (TPSA) is 96.0 Å². The van der Waals surface area contributed by atoms with Gasteiger partial charge in [-0.15, -0.1) is 0 Å². The molecule has 0 aliphatic carbocycles. The highest BCUT2D eigenvalue weighted by molar-refractivity contribution is 7.92. The molecule has 226 valence electrons. The maximum Gasteiger partial charge on any atom is 0.243 e. The second-order valence-electron chi connectivity index (χ2n) is 10.3. The van der Waals surface area contributed by atoms with Gasteiger partial charge in [0.1, 0.15) is 11.8 Å². The molecule has 2 atom stereocenters. The molecule has 0 aromatic heterocycles. The van der Waals surface area contributed by atoms with E-state index in [2.05, 4.69) is 5.32 Å². The van der Waals surface area contributed by atoms with Crippen molar-refractivity contribution in [3.63, 3.8) is 0 Å². The second kappa shape index (κ2) is 15.6. The van der Waals surface area contributed by atoms with Crippen molar-refractivity contribution >= 4 is 39.1 Å². The van der Waals surface area contributed by atoms with E-state index in [4.69, 9.17) is 16.3 Å². The van der Waals surface area contributed by atoms with Crippen molar-refractivity contribution in [2.45, 2.75) is 58.2 Å². The fourth-order valence-corrected chi connectivity index (χ4v) is 5.80. The van der Waals surface area contributed by atoms with E-state index < -0.39 is 16.1 Å². The molecule has 0 bridgehead atoms. The van der Waals surface area contributed by atoms with Gasteiger partial charge in [0.2, 0.25) is 21.8 Å². The molecule has 10 heteroatoms. The van der Waals surface area contributed by atoms with Crippen molar-refractivity contribution in [1.82, 2.24) is 10.2 Å². The molecule has 0 aliphatic heterocycles. The van der Waals surface area contributed by atoms with Gasteiger partial charge in [0.05, 0.1) is 24.1 Å². The van der Waals surface area contributed by atoms with E-state index in [0.717, 1.165) is 23.8 Å². The van der Waals surface area contributed by atoms with Crippen LogP contribution < -0.4 is 14.4 Å². The van der Waals surface area contributed by atoms with Crippen LogP contribution in [0.4, 0.5) is 5.69 Å². The van der Waals surface area contributed by atoms with Crippen molar-refractivity contribution in [2.75, 3.05) is 24.2 Å². The van der Waals surface area contributed by atoms with Gasteiger partial charge in [0.25, 0.3) is 0 Å². The first kappa shape index (κ1) is 32.9. The Bertz CT molecular complexity index is 1420. The number of halogens is 1. The van der Waals surface area contributed by atoms with E-state index >= 15 is 0 Å². The fourth-order valence-electron chi connectivity index (χ4n) is 4.59. The summed E-state index contributed by atoms with van der Waals surface area (Å²) in [6, 6.07) is 23.1. The first-order valence-corrected chi connectivity index (χ1v) is 16.2. The summed E-state index contributed by atoms with van der Waals surface area (Å²) in [4.78, 5) is 29.1. The molecular weight excluding hydrogens is 574 g/mol. The zero-order valence-corrected chi connectivity index (χ0v) is 26.2. The highest BCUT2D eigenvalue weighted by atomic mass is 35.5. The van der Waals surface area contributed by atoms with Crippen LogP contribution >= 0.6 is 11.6 Å². The Balaban J connectivity index is 1.87. The summed E-state index contributed by atoms with van der Waals surface area (Å²) in [5, 5.41) is 3.34. The first-order chi connectivity index (χ1) is 20.0. The van der Waals surface area contributed by atoms with Crippen LogP contribution in [0.1, 0.15) is 44.2 Å². The van der Waals surface area contributed by atoms with Gasteiger partial charge < -0.3 is 15.0 Å². The molecule has 0 saturated heterocycles. The number of carbonyl (C=O) groups excluding carboxylic acids is 2. The summed E-state index contributed by atoms with van der Waals surface area (Å²) in [7, 11) is -2.18. The Morgan fingerprint density at radius 1 is 0.976 bits per heavy atom. The number of rotatable bonds is 15. The minimum atomic E-state index is -3.66. The van der Waals surface area contributed by atoms with Gasteiger partial charge in [0.15, 0.2) is 0 Å². The predicted molar refractivity (Wildman–Crippen MR) is 168 cm³/mol. The summed E-state index contributed by atoms with van der Waals surface area (Å²) in [6.45, 7) is 4.24. The molecule has 8 nitrogen and oxygen atoms in total. The minimum absolute atomic E-state index is 0.0463. The van der Waals surface area contributed by atoms with E-state index in [1.165, 1.54) is 17.5 Å². The Kier molecular flexibility index (Phi) is 12.2. The molecule has 3 aromatic carbocycles. The van der Waals surface area contributed by atoms with Crippen LogP contribution in [0.25, 0.3) is 0 Å². The van der Waals surface area contributed by atoms with E-state index in [-0.39, 0.29) is 48.8 Å². The summed E-state index contributed by atoms with van der Waals surface area (Å²) in [5.41, 5.74) is 2.21. The molecule has 0 aliphatic rings. The molecule has 0 heterocycles. The minimum Gasteiger partial charge on any atom is -0.495 e. The van der Waals surface area contributed by atoms with Crippen LogP contribution in [-0.4, -0.2) is 57.1 Å². The van der Waals surface area contributed by atoms with Gasteiger partial charge in [-0.25, -0.2) is 8.42 Å². The standard InChI is InChI=1S/C32H40ClN3O5S/c1-5-24(2)34-32(38)29(21-25-13-8-6-9-14-25)35(23-26-15-10-7-11-16-26)31(37)17-12-20-36(42(4,39)40)27-18-19-30(41-3)28(33)22-27/h6-11,13-16,18-19,22,24,29H,5,12,17,20-21,23H2,1-4H3,(H,34,38). The van der Waals surface area contributed by atoms with Gasteiger partial charge in [-0.05, 0) is 49.1 Å². The molecule has 3 aromatic rings. The van der Waals surface area contributed by atoms with Crippen LogP contribution in [0.15, 0.2) is 78.9 Å². The number of sulfonamides is 1. The number of nitrogens with one attached hydrogen (secondary N) is 1. The summed E-state index contributed by atoms with van der Waals surface area (Å²) in [6.07, 6.45) is 2.51. The number of hydrogen-bond donors (Lipinski definition) is 1. The van der Waals surface area contributed by atoms with Crippen LogP contribution in [-0.2, 0) is 32.6 Å². The zero-order chi connectivity index (χ0) is 30.7. The second-order valence-corrected chi connectivity index (χ2v) is 12.6. The maximum atomic E-state index is 13.9. The third kappa shape index (κ3) is 9.49. The number of benzene rings is 3. The number of carbonyl (C=O) groups is 2. The zero-order valence-electron chi connectivity index (χ0n) is 24.6. The Morgan fingerprint density at radius 2 is 1.60 bits per heavy atom. The highest BCUT2D eigenvalue weighted by Crippen LogP contribution is 2.30. The lowest BCUT2D eigenvalue weighted by atomic mass is 10.0. The normalized spacial score (nSPS) is 12.7. The maximum absolute atomic E-state index is 13.9. The summed E-state index contributed by atoms with van der Waals surface area (Å²) in [5.74, 6) is -0.0239. The quantitative estimate of drug-likeness (QED) is 0.246. The lowest BCUT2D eigenvalue weighted by Gasteiger charge is -2.32. The van der Waals surface area contributed by atoms with Crippen molar-refractivity contribution in [1.29, 1.82) is 0 Å². The smallest absolute Gasteiger partial charge is 0.243 e. The molecule has 0 spiro atoms. The third-order valence-corrected chi connectivity index (χ3v) is 8.53. The number of amides is 2. The van der Waals surface area contributed by atoms with Crippen LogP contribution in [0.2, 0.25) is 5.02 Å². The Labute approximate surface area is 254 Å². The Morgan fingerprint density at radius 3 is 2.14 bits per heavy atom. The van der Waals surface area contributed by atoms with Crippen molar-refractivity contribution in [2.24, 2.45) is 0 Å². The van der Waals surface area contributed by atoms with E-state index in [1.54, 1.807) is 17.0 Å².